The molecule has 0 aliphatic carbocycles. The van der Waals surface area contributed by atoms with E-state index in [2.05, 4.69) is 10.4 Å². The molecule has 0 bridgehead atoms. The van der Waals surface area contributed by atoms with Gasteiger partial charge in [0, 0.05) is 23.2 Å². The molecule has 90 valence electrons. The highest BCUT2D eigenvalue weighted by Gasteiger charge is 2.05. The maximum absolute atomic E-state index is 5.70. The minimum absolute atomic E-state index is 0.613. The van der Waals surface area contributed by atoms with Crippen molar-refractivity contribution < 1.29 is 4.74 Å². The molecule has 17 heavy (non-hydrogen) atoms. The van der Waals surface area contributed by atoms with Gasteiger partial charge in [-0.2, -0.15) is 0 Å². The highest BCUT2D eigenvalue weighted by Crippen LogP contribution is 2.27. The lowest BCUT2D eigenvalue weighted by molar-refractivity contribution is 0.340. The maximum Gasteiger partial charge on any atom is 0.123 e. The summed E-state index contributed by atoms with van der Waals surface area (Å²) in [7, 11) is 0. The SMILES string of the molecule is CCOc1cccc(-c2nc(CCCl)cs2)c1. The Morgan fingerprint density at radius 2 is 2.29 bits per heavy atom. The molecule has 0 spiro atoms. The third-order valence-corrected chi connectivity index (χ3v) is 3.42. The van der Waals surface area contributed by atoms with Crippen LogP contribution in [-0.2, 0) is 6.42 Å². The molecule has 1 aromatic heterocycles. The lowest BCUT2D eigenvalue weighted by Gasteiger charge is -2.03. The number of rotatable bonds is 5. The molecule has 0 saturated heterocycles. The number of thiazole rings is 1. The summed E-state index contributed by atoms with van der Waals surface area (Å²) in [6.07, 6.45) is 0.823. The van der Waals surface area contributed by atoms with Gasteiger partial charge in [0.2, 0.25) is 0 Å². The molecule has 1 aromatic carbocycles. The zero-order valence-electron chi connectivity index (χ0n) is 9.65. The lowest BCUT2D eigenvalue weighted by atomic mass is 10.2. The largest absolute Gasteiger partial charge is 0.494 e. The smallest absolute Gasteiger partial charge is 0.123 e. The Morgan fingerprint density at radius 1 is 1.41 bits per heavy atom. The zero-order chi connectivity index (χ0) is 12.1. The van der Waals surface area contributed by atoms with E-state index in [1.807, 2.05) is 31.2 Å². The topological polar surface area (TPSA) is 22.1 Å². The number of benzene rings is 1. The van der Waals surface area contributed by atoms with Crippen molar-refractivity contribution in [2.24, 2.45) is 0 Å². The Balaban J connectivity index is 2.22. The highest BCUT2D eigenvalue weighted by molar-refractivity contribution is 7.13. The maximum atomic E-state index is 5.70. The third-order valence-electron chi connectivity index (χ3n) is 2.29. The minimum Gasteiger partial charge on any atom is -0.494 e. The van der Waals surface area contributed by atoms with E-state index in [0.29, 0.717) is 12.5 Å². The van der Waals surface area contributed by atoms with Crippen LogP contribution in [0.5, 0.6) is 5.75 Å². The molecule has 0 unspecified atom stereocenters. The quantitative estimate of drug-likeness (QED) is 0.764. The van der Waals surface area contributed by atoms with Gasteiger partial charge in [-0.25, -0.2) is 4.98 Å². The molecule has 0 N–H and O–H groups in total. The molecule has 2 aromatic rings. The van der Waals surface area contributed by atoms with Crippen molar-refractivity contribution in [2.75, 3.05) is 12.5 Å². The number of hydrogen-bond acceptors (Lipinski definition) is 3. The van der Waals surface area contributed by atoms with Crippen molar-refractivity contribution in [3.63, 3.8) is 0 Å². The molecule has 0 radical (unpaired) electrons. The fraction of sp³-hybridized carbons (Fsp3) is 0.308. The molecule has 2 nitrogen and oxygen atoms in total. The fourth-order valence-electron chi connectivity index (χ4n) is 1.54. The molecular weight excluding hydrogens is 254 g/mol. The monoisotopic (exact) mass is 267 g/mol. The van der Waals surface area contributed by atoms with Crippen molar-refractivity contribution in [3.8, 4) is 16.3 Å². The number of hydrogen-bond donors (Lipinski definition) is 0. The van der Waals surface area contributed by atoms with Gasteiger partial charge in [-0.1, -0.05) is 12.1 Å². The number of aryl methyl sites for hydroxylation is 1. The number of ether oxygens (including phenoxy) is 1. The van der Waals surface area contributed by atoms with E-state index in [9.17, 15) is 0 Å². The van der Waals surface area contributed by atoms with Gasteiger partial charge in [-0.05, 0) is 19.1 Å². The average molecular weight is 268 g/mol. The predicted molar refractivity (Wildman–Crippen MR) is 73.1 cm³/mol. The Hall–Kier alpha value is -1.06. The van der Waals surface area contributed by atoms with Gasteiger partial charge >= 0.3 is 0 Å². The predicted octanol–water partition coefficient (Wildman–Crippen LogP) is 3.99. The molecule has 2 rings (SSSR count). The van der Waals surface area contributed by atoms with E-state index in [0.717, 1.165) is 28.4 Å². The summed E-state index contributed by atoms with van der Waals surface area (Å²) < 4.78 is 5.48. The molecule has 4 heteroatoms. The summed E-state index contributed by atoms with van der Waals surface area (Å²) in [6, 6.07) is 8.02. The molecule has 0 fully saturated rings. The van der Waals surface area contributed by atoms with Crippen LogP contribution < -0.4 is 4.74 Å². The minimum atomic E-state index is 0.613. The highest BCUT2D eigenvalue weighted by atomic mass is 35.5. The molecule has 0 saturated carbocycles. The molecule has 0 aliphatic heterocycles. The first-order valence-corrected chi connectivity index (χ1v) is 6.98. The van der Waals surface area contributed by atoms with E-state index in [1.54, 1.807) is 11.3 Å². The van der Waals surface area contributed by atoms with Crippen LogP contribution in [0.15, 0.2) is 29.6 Å². The average Bonchev–Trinajstić information content (AvgIpc) is 2.79. The van der Waals surface area contributed by atoms with Gasteiger partial charge in [0.1, 0.15) is 10.8 Å². The van der Waals surface area contributed by atoms with Gasteiger partial charge in [0.05, 0.1) is 12.3 Å². The second-order valence-corrected chi connectivity index (χ2v) is 4.78. The summed E-state index contributed by atoms with van der Waals surface area (Å²) in [4.78, 5) is 4.55. The number of aromatic nitrogens is 1. The van der Waals surface area contributed by atoms with E-state index < -0.39 is 0 Å². The van der Waals surface area contributed by atoms with Crippen LogP contribution in [0.1, 0.15) is 12.6 Å². The second kappa shape index (κ2) is 6.03. The lowest BCUT2D eigenvalue weighted by Crippen LogP contribution is -1.91. The normalized spacial score (nSPS) is 10.5. The van der Waals surface area contributed by atoms with E-state index >= 15 is 0 Å². The first kappa shape index (κ1) is 12.4. The number of halogens is 1. The van der Waals surface area contributed by atoms with Crippen LogP contribution in [0, 0.1) is 0 Å². The molecular formula is C13H14ClNOS. The van der Waals surface area contributed by atoms with Crippen LogP contribution in [0.4, 0.5) is 0 Å². The van der Waals surface area contributed by atoms with Crippen molar-refractivity contribution in [1.82, 2.24) is 4.98 Å². The van der Waals surface area contributed by atoms with Crippen molar-refractivity contribution >= 4 is 22.9 Å². The number of alkyl halides is 1. The van der Waals surface area contributed by atoms with Crippen LogP contribution in [0.25, 0.3) is 10.6 Å². The second-order valence-electron chi connectivity index (χ2n) is 3.54. The van der Waals surface area contributed by atoms with E-state index in [4.69, 9.17) is 16.3 Å². The first-order chi connectivity index (χ1) is 8.33. The van der Waals surface area contributed by atoms with Gasteiger partial charge in [-0.3, -0.25) is 0 Å². The van der Waals surface area contributed by atoms with Crippen molar-refractivity contribution in [2.45, 2.75) is 13.3 Å². The Kier molecular flexibility index (Phi) is 4.40. The standard InChI is InChI=1S/C13H14ClNOS/c1-2-16-12-5-3-4-10(8-12)13-15-11(6-7-14)9-17-13/h3-5,8-9H,2,6-7H2,1H3. The van der Waals surface area contributed by atoms with E-state index in [-0.39, 0.29) is 0 Å². The van der Waals surface area contributed by atoms with Crippen molar-refractivity contribution in [1.29, 1.82) is 0 Å². The summed E-state index contributed by atoms with van der Waals surface area (Å²) in [5.41, 5.74) is 2.16. The van der Waals surface area contributed by atoms with Crippen LogP contribution in [0.2, 0.25) is 0 Å². The molecule has 0 aliphatic rings. The van der Waals surface area contributed by atoms with Crippen LogP contribution in [-0.4, -0.2) is 17.5 Å². The van der Waals surface area contributed by atoms with Gasteiger partial charge in [-0.15, -0.1) is 22.9 Å². The van der Waals surface area contributed by atoms with Gasteiger partial charge in [0.25, 0.3) is 0 Å². The molecule has 0 amide bonds. The first-order valence-electron chi connectivity index (χ1n) is 5.57. The summed E-state index contributed by atoms with van der Waals surface area (Å²) in [6.45, 7) is 2.66. The summed E-state index contributed by atoms with van der Waals surface area (Å²) in [5, 5.41) is 3.08. The Morgan fingerprint density at radius 3 is 3.06 bits per heavy atom. The third kappa shape index (κ3) is 3.20. The zero-order valence-corrected chi connectivity index (χ0v) is 11.2. The van der Waals surface area contributed by atoms with Gasteiger partial charge < -0.3 is 4.74 Å². The number of nitrogens with zero attached hydrogens (tertiary/aromatic N) is 1. The Bertz CT molecular complexity index is 484. The van der Waals surface area contributed by atoms with Gasteiger partial charge in [0.15, 0.2) is 0 Å². The molecule has 0 atom stereocenters. The van der Waals surface area contributed by atoms with Crippen molar-refractivity contribution in [3.05, 3.63) is 35.3 Å². The van der Waals surface area contributed by atoms with E-state index in [1.165, 1.54) is 0 Å². The molecule has 1 heterocycles. The fourth-order valence-corrected chi connectivity index (χ4v) is 2.58. The summed E-state index contributed by atoms with van der Waals surface area (Å²) >= 11 is 7.35. The van der Waals surface area contributed by atoms with Crippen LogP contribution in [0.3, 0.4) is 0 Å². The van der Waals surface area contributed by atoms with Crippen LogP contribution >= 0.6 is 22.9 Å². The summed E-state index contributed by atoms with van der Waals surface area (Å²) in [5.74, 6) is 1.50. The Labute approximate surface area is 110 Å².